The zero-order chi connectivity index (χ0) is 15.7. The van der Waals surface area contributed by atoms with E-state index >= 15 is 0 Å². The van der Waals surface area contributed by atoms with Crippen LogP contribution >= 0.6 is 0 Å². The first-order chi connectivity index (χ1) is 10.6. The molecule has 6 nitrogen and oxygen atoms in total. The van der Waals surface area contributed by atoms with Crippen molar-refractivity contribution in [1.82, 2.24) is 4.98 Å². The second kappa shape index (κ2) is 6.20. The topological polar surface area (TPSA) is 79.5 Å². The number of pyridine rings is 1. The summed E-state index contributed by atoms with van der Waals surface area (Å²) < 4.78 is 0. The molecule has 120 valence electrons. The van der Waals surface area contributed by atoms with Crippen LogP contribution in [-0.2, 0) is 0 Å². The van der Waals surface area contributed by atoms with E-state index in [1.54, 1.807) is 12.3 Å². The highest BCUT2D eigenvalue weighted by atomic mass is 16.6. The zero-order valence-corrected chi connectivity index (χ0v) is 12.9. The number of hydrogen-bond donors (Lipinski definition) is 1. The third kappa shape index (κ3) is 2.79. The normalized spacial score (nSPS) is 32.2. The summed E-state index contributed by atoms with van der Waals surface area (Å²) in [7, 11) is 0. The number of nitro groups is 1. The van der Waals surface area contributed by atoms with Crippen LogP contribution in [0.2, 0.25) is 0 Å². The van der Waals surface area contributed by atoms with Crippen LogP contribution in [0.4, 0.5) is 11.5 Å². The van der Waals surface area contributed by atoms with Crippen LogP contribution in [0.3, 0.4) is 0 Å². The summed E-state index contributed by atoms with van der Waals surface area (Å²) in [5, 5.41) is 21.7. The van der Waals surface area contributed by atoms with Gasteiger partial charge in [-0.1, -0.05) is 6.92 Å². The number of hydrogen-bond acceptors (Lipinski definition) is 5. The first kappa shape index (κ1) is 15.2. The van der Waals surface area contributed by atoms with Crippen molar-refractivity contribution in [3.63, 3.8) is 0 Å². The molecule has 1 N–H and O–H groups in total. The van der Waals surface area contributed by atoms with Crippen molar-refractivity contribution in [3.8, 4) is 0 Å². The Kier molecular flexibility index (Phi) is 4.29. The van der Waals surface area contributed by atoms with Gasteiger partial charge in [-0.05, 0) is 44.1 Å². The highest BCUT2D eigenvalue weighted by Gasteiger charge is 2.40. The summed E-state index contributed by atoms with van der Waals surface area (Å²) in [5.41, 5.74) is 0.0627. The largest absolute Gasteiger partial charge is 0.393 e. The fraction of sp³-hybridized carbons (Fsp3) is 0.688. The highest BCUT2D eigenvalue weighted by Crippen LogP contribution is 2.40. The lowest BCUT2D eigenvalue weighted by Gasteiger charge is -2.39. The van der Waals surface area contributed by atoms with Crippen LogP contribution in [0.5, 0.6) is 0 Å². The molecular weight excluding hydrogens is 282 g/mol. The van der Waals surface area contributed by atoms with Gasteiger partial charge < -0.3 is 10.0 Å². The third-order valence-corrected chi connectivity index (χ3v) is 5.15. The Morgan fingerprint density at radius 1 is 1.41 bits per heavy atom. The maximum atomic E-state index is 11.3. The fourth-order valence-corrected chi connectivity index (χ4v) is 4.08. The molecule has 0 bridgehead atoms. The van der Waals surface area contributed by atoms with Crippen LogP contribution in [0.15, 0.2) is 18.3 Å². The minimum absolute atomic E-state index is 0.0627. The number of aliphatic hydroxyl groups excluding tert-OH is 1. The Labute approximate surface area is 130 Å². The molecule has 2 heterocycles. The van der Waals surface area contributed by atoms with E-state index in [-0.39, 0.29) is 28.7 Å². The Hall–Kier alpha value is -1.69. The number of rotatable bonds is 3. The minimum atomic E-state index is -0.363. The summed E-state index contributed by atoms with van der Waals surface area (Å²) in [4.78, 5) is 17.2. The molecule has 3 rings (SSSR count). The summed E-state index contributed by atoms with van der Waals surface area (Å²) in [5.74, 6) is 1.25. The molecule has 1 saturated heterocycles. The van der Waals surface area contributed by atoms with E-state index in [2.05, 4.69) is 16.8 Å². The molecule has 0 aromatic carbocycles. The molecule has 1 aliphatic carbocycles. The summed E-state index contributed by atoms with van der Waals surface area (Å²) in [6, 6.07) is 3.27. The molecule has 1 aliphatic heterocycles. The van der Waals surface area contributed by atoms with Gasteiger partial charge in [-0.3, -0.25) is 10.1 Å². The second-order valence-electron chi connectivity index (χ2n) is 6.66. The molecule has 0 spiro atoms. The van der Waals surface area contributed by atoms with E-state index in [0.29, 0.717) is 11.7 Å². The Morgan fingerprint density at radius 3 is 3.00 bits per heavy atom. The van der Waals surface area contributed by atoms with E-state index in [4.69, 9.17) is 0 Å². The van der Waals surface area contributed by atoms with Crippen molar-refractivity contribution in [1.29, 1.82) is 0 Å². The molecule has 1 aromatic rings. The van der Waals surface area contributed by atoms with Gasteiger partial charge >= 0.3 is 5.69 Å². The predicted molar refractivity (Wildman–Crippen MR) is 83.8 cm³/mol. The average Bonchev–Trinajstić information content (AvgIpc) is 2.98. The zero-order valence-electron chi connectivity index (χ0n) is 12.9. The van der Waals surface area contributed by atoms with E-state index in [1.807, 2.05) is 0 Å². The van der Waals surface area contributed by atoms with Crippen LogP contribution in [0.1, 0.15) is 39.0 Å². The summed E-state index contributed by atoms with van der Waals surface area (Å²) >= 11 is 0. The van der Waals surface area contributed by atoms with Gasteiger partial charge in [-0.25, -0.2) is 4.98 Å². The Balaban J connectivity index is 1.89. The van der Waals surface area contributed by atoms with E-state index in [9.17, 15) is 15.2 Å². The summed E-state index contributed by atoms with van der Waals surface area (Å²) in [6.45, 7) is 3.00. The molecule has 0 radical (unpaired) electrons. The molecule has 0 amide bonds. The lowest BCUT2D eigenvalue weighted by atomic mass is 9.76. The van der Waals surface area contributed by atoms with E-state index in [0.717, 1.165) is 38.6 Å². The smallest absolute Gasteiger partial charge is 0.311 e. The van der Waals surface area contributed by atoms with Crippen molar-refractivity contribution < 1.29 is 10.0 Å². The second-order valence-corrected chi connectivity index (χ2v) is 6.66. The maximum absolute atomic E-state index is 11.3. The van der Waals surface area contributed by atoms with E-state index < -0.39 is 0 Å². The predicted octanol–water partition coefficient (Wildman–Crippen LogP) is 2.76. The van der Waals surface area contributed by atoms with Crippen LogP contribution in [-0.4, -0.2) is 33.7 Å². The van der Waals surface area contributed by atoms with Crippen molar-refractivity contribution in [2.75, 3.05) is 11.4 Å². The quantitative estimate of drug-likeness (QED) is 0.686. The number of nitrogens with zero attached hydrogens (tertiary/aromatic N) is 3. The van der Waals surface area contributed by atoms with Crippen LogP contribution in [0.25, 0.3) is 0 Å². The van der Waals surface area contributed by atoms with Crippen molar-refractivity contribution >= 4 is 11.5 Å². The van der Waals surface area contributed by atoms with Crippen LogP contribution < -0.4 is 4.90 Å². The minimum Gasteiger partial charge on any atom is -0.393 e. The van der Waals surface area contributed by atoms with Crippen molar-refractivity contribution in [3.05, 3.63) is 28.4 Å². The standard InChI is InChI=1S/C16H23N3O3/c1-11-6-7-15(20)12(10-11)13-5-3-9-18(13)16-14(19(21)22)4-2-8-17-16/h2,4,8,11-13,15,20H,3,5-7,9-10H2,1H3/t11-,12+,13-,15+/m1/s1. The molecule has 6 heteroatoms. The fourth-order valence-electron chi connectivity index (χ4n) is 4.08. The summed E-state index contributed by atoms with van der Waals surface area (Å²) in [6.07, 6.45) is 6.16. The molecule has 4 atom stereocenters. The molecule has 2 fully saturated rings. The Morgan fingerprint density at radius 2 is 2.23 bits per heavy atom. The molecule has 2 aliphatic rings. The average molecular weight is 305 g/mol. The highest BCUT2D eigenvalue weighted by molar-refractivity contribution is 5.58. The number of aliphatic hydroxyl groups is 1. The lowest BCUT2D eigenvalue weighted by molar-refractivity contribution is -0.384. The third-order valence-electron chi connectivity index (χ3n) is 5.15. The lowest BCUT2D eigenvalue weighted by Crippen LogP contribution is -2.44. The van der Waals surface area contributed by atoms with E-state index in [1.165, 1.54) is 6.07 Å². The molecule has 0 unspecified atom stereocenters. The first-order valence-corrected chi connectivity index (χ1v) is 8.12. The Bertz CT molecular complexity index is 551. The van der Waals surface area contributed by atoms with Crippen molar-refractivity contribution in [2.45, 2.75) is 51.2 Å². The van der Waals surface area contributed by atoms with Gasteiger partial charge in [0.25, 0.3) is 0 Å². The molecule has 1 aromatic heterocycles. The number of aromatic nitrogens is 1. The van der Waals surface area contributed by atoms with Crippen LogP contribution in [0, 0.1) is 22.0 Å². The molecular formula is C16H23N3O3. The number of anilines is 1. The van der Waals surface area contributed by atoms with Gasteiger partial charge in [0.2, 0.25) is 5.82 Å². The van der Waals surface area contributed by atoms with Gasteiger partial charge in [0.05, 0.1) is 11.0 Å². The monoisotopic (exact) mass is 305 g/mol. The maximum Gasteiger partial charge on any atom is 0.311 e. The van der Waals surface area contributed by atoms with Gasteiger partial charge in [-0.15, -0.1) is 0 Å². The van der Waals surface area contributed by atoms with Gasteiger partial charge in [0.1, 0.15) is 0 Å². The first-order valence-electron chi connectivity index (χ1n) is 8.12. The van der Waals surface area contributed by atoms with Gasteiger partial charge in [0.15, 0.2) is 0 Å². The molecule has 1 saturated carbocycles. The van der Waals surface area contributed by atoms with Crippen molar-refractivity contribution in [2.24, 2.45) is 11.8 Å². The van der Waals surface area contributed by atoms with Gasteiger partial charge in [-0.2, -0.15) is 0 Å². The SMILES string of the molecule is C[C@@H]1CC[C@H](O)[C@H]([C@H]2CCCN2c2ncccc2[N+](=O)[O-])C1. The molecule has 22 heavy (non-hydrogen) atoms. The van der Waals surface area contributed by atoms with Gasteiger partial charge in [0, 0.05) is 30.8 Å².